The fourth-order valence-corrected chi connectivity index (χ4v) is 4.37. The first-order chi connectivity index (χ1) is 16.8. The largest absolute Gasteiger partial charge is 0.507 e. The normalized spacial score (nSPS) is 13.2. The van der Waals surface area contributed by atoms with E-state index in [0.717, 1.165) is 44.9 Å². The second-order valence-corrected chi connectivity index (χ2v) is 9.10. The number of esters is 1. The Morgan fingerprint density at radius 3 is 2.34 bits per heavy atom. The Morgan fingerprint density at radius 2 is 1.66 bits per heavy atom. The van der Waals surface area contributed by atoms with Crippen LogP contribution in [0.5, 0.6) is 11.5 Å². The van der Waals surface area contributed by atoms with E-state index < -0.39 is 17.5 Å². The van der Waals surface area contributed by atoms with Crippen LogP contribution in [0.1, 0.15) is 108 Å². The smallest absolute Gasteiger partial charge is 0.338 e. The van der Waals surface area contributed by atoms with Crippen molar-refractivity contribution in [3.63, 3.8) is 0 Å². The highest BCUT2D eigenvalue weighted by Crippen LogP contribution is 2.42. The average Bonchev–Trinajstić information content (AvgIpc) is 2.86. The fourth-order valence-electron chi connectivity index (χ4n) is 4.37. The lowest BCUT2D eigenvalue weighted by molar-refractivity contribution is 0.0498. The number of phenolic OH excluding ortho intramolecular Hbond substituents is 2. The topological polar surface area (TPSA) is 113 Å². The highest BCUT2D eigenvalue weighted by atomic mass is 16.5. The molecule has 0 aromatic heterocycles. The van der Waals surface area contributed by atoms with Gasteiger partial charge in [-0.2, -0.15) is 0 Å². The van der Waals surface area contributed by atoms with Gasteiger partial charge in [0, 0.05) is 23.7 Å². The number of carbonyl (C=O) groups excluding carboxylic acids is 3. The molecule has 0 saturated heterocycles. The first-order valence-electron chi connectivity index (χ1n) is 12.6. The minimum absolute atomic E-state index is 0.00624. The van der Waals surface area contributed by atoms with Gasteiger partial charge in [-0.25, -0.2) is 4.79 Å². The average molecular weight is 482 g/mol. The number of rotatable bonds is 12. The Morgan fingerprint density at radius 1 is 0.943 bits per heavy atom. The number of aromatic hydroxyl groups is 2. The van der Waals surface area contributed by atoms with Gasteiger partial charge in [0.1, 0.15) is 5.75 Å². The van der Waals surface area contributed by atoms with E-state index in [-0.39, 0.29) is 51.6 Å². The molecular weight excluding hydrogens is 446 g/mol. The van der Waals surface area contributed by atoms with Crippen LogP contribution in [0.25, 0.3) is 0 Å². The van der Waals surface area contributed by atoms with Gasteiger partial charge in [-0.05, 0) is 37.0 Å². The lowest BCUT2D eigenvalue weighted by Crippen LogP contribution is -2.23. The third-order valence-corrected chi connectivity index (χ3v) is 6.58. The van der Waals surface area contributed by atoms with Gasteiger partial charge in [-0.15, -0.1) is 0 Å². The van der Waals surface area contributed by atoms with Crippen molar-refractivity contribution in [3.8, 4) is 11.5 Å². The number of anilines is 1. The van der Waals surface area contributed by atoms with Gasteiger partial charge in [0.25, 0.3) is 0 Å². The molecule has 0 spiro atoms. The van der Waals surface area contributed by atoms with E-state index in [4.69, 9.17) is 4.74 Å². The van der Waals surface area contributed by atoms with Crippen LogP contribution in [0, 0.1) is 5.92 Å². The molecule has 0 radical (unpaired) electrons. The first-order valence-corrected chi connectivity index (χ1v) is 12.6. The Kier molecular flexibility index (Phi) is 8.90. The van der Waals surface area contributed by atoms with Crippen molar-refractivity contribution in [1.82, 2.24) is 0 Å². The molecule has 3 rings (SSSR count). The number of nitrogens with one attached hydrogen (secondary N) is 1. The number of phenols is 2. The molecule has 0 amide bonds. The number of carbonyl (C=O) groups is 3. The van der Waals surface area contributed by atoms with Crippen LogP contribution in [0.15, 0.2) is 24.3 Å². The molecule has 0 saturated carbocycles. The van der Waals surface area contributed by atoms with Gasteiger partial charge < -0.3 is 20.3 Å². The summed E-state index contributed by atoms with van der Waals surface area (Å²) < 4.78 is 5.27. The Balaban J connectivity index is 1.90. The molecule has 7 heteroatoms. The monoisotopic (exact) mass is 481 g/mol. The van der Waals surface area contributed by atoms with E-state index in [1.54, 1.807) is 0 Å². The number of benzene rings is 2. The predicted molar refractivity (Wildman–Crippen MR) is 135 cm³/mol. The molecule has 0 bridgehead atoms. The molecule has 2 aromatic rings. The third kappa shape index (κ3) is 5.66. The van der Waals surface area contributed by atoms with Crippen LogP contribution in [-0.2, 0) is 4.74 Å². The van der Waals surface area contributed by atoms with Crippen LogP contribution in [-0.4, -0.2) is 40.9 Å². The van der Waals surface area contributed by atoms with E-state index in [9.17, 15) is 24.6 Å². The Hall–Kier alpha value is -3.35. The van der Waals surface area contributed by atoms with Crippen LogP contribution < -0.4 is 5.32 Å². The second kappa shape index (κ2) is 11.9. The van der Waals surface area contributed by atoms with Gasteiger partial charge in [-0.1, -0.05) is 52.9 Å². The standard InChI is InChI=1S/C28H35NO6/c1-4-7-9-13-35-28(34)18-11-12-19-20(14-18)26(32)24-23(25(19)31)22(30)15-21(27(24)33)29-16-17(6-3)10-8-5-2/h11-12,14-15,17,29-30,33H,4-10,13,16H2,1-3H3. The van der Waals surface area contributed by atoms with Crippen molar-refractivity contribution in [2.75, 3.05) is 18.5 Å². The van der Waals surface area contributed by atoms with Crippen molar-refractivity contribution >= 4 is 23.2 Å². The van der Waals surface area contributed by atoms with Crippen LogP contribution in [0.4, 0.5) is 5.69 Å². The Labute approximate surface area is 206 Å². The minimum Gasteiger partial charge on any atom is -0.507 e. The summed E-state index contributed by atoms with van der Waals surface area (Å²) in [6, 6.07) is 5.45. The quantitative estimate of drug-likeness (QED) is 0.129. The molecular formula is C28H35NO6. The van der Waals surface area contributed by atoms with Crippen molar-refractivity contribution in [1.29, 1.82) is 0 Å². The third-order valence-electron chi connectivity index (χ3n) is 6.58. The summed E-state index contributed by atoms with van der Waals surface area (Å²) in [7, 11) is 0. The molecule has 0 aliphatic heterocycles. The SMILES string of the molecule is CCCCCOC(=O)c1ccc2c(c1)C(=O)c1c(O)c(NCC(CC)CCCC)cc(O)c1C2=O. The van der Waals surface area contributed by atoms with Crippen molar-refractivity contribution in [2.24, 2.45) is 5.92 Å². The van der Waals surface area contributed by atoms with Crippen molar-refractivity contribution in [2.45, 2.75) is 65.7 Å². The highest BCUT2D eigenvalue weighted by Gasteiger charge is 2.36. The maximum Gasteiger partial charge on any atom is 0.338 e. The van der Waals surface area contributed by atoms with E-state index >= 15 is 0 Å². The lowest BCUT2D eigenvalue weighted by atomic mass is 9.82. The van der Waals surface area contributed by atoms with Crippen molar-refractivity contribution < 1.29 is 29.3 Å². The van der Waals surface area contributed by atoms with E-state index in [1.165, 1.54) is 24.3 Å². The number of ether oxygens (including phenoxy) is 1. The van der Waals surface area contributed by atoms with Crippen LogP contribution in [0.2, 0.25) is 0 Å². The number of hydrogen-bond acceptors (Lipinski definition) is 7. The molecule has 0 heterocycles. The summed E-state index contributed by atoms with van der Waals surface area (Å²) in [6.07, 6.45) is 6.85. The predicted octanol–water partition coefficient (Wildman–Crippen LogP) is 5.85. The molecule has 1 aliphatic rings. The number of unbranched alkanes of at least 4 members (excludes halogenated alkanes) is 3. The molecule has 2 aromatic carbocycles. The van der Waals surface area contributed by atoms with Gasteiger partial charge in [0.2, 0.25) is 0 Å². The lowest BCUT2D eigenvalue weighted by Gasteiger charge is -2.23. The number of fused-ring (bicyclic) bond motifs is 2. The fraction of sp³-hybridized carbons (Fsp3) is 0.464. The molecule has 3 N–H and O–H groups in total. The van der Waals surface area contributed by atoms with E-state index in [1.807, 2.05) is 0 Å². The summed E-state index contributed by atoms with van der Waals surface area (Å²) in [5.74, 6) is -2.15. The molecule has 0 fully saturated rings. The Bertz CT molecular complexity index is 1110. The first kappa shape index (κ1) is 26.3. The number of hydrogen-bond donors (Lipinski definition) is 3. The summed E-state index contributed by atoms with van der Waals surface area (Å²) in [4.78, 5) is 39.0. The maximum absolute atomic E-state index is 13.4. The molecule has 35 heavy (non-hydrogen) atoms. The van der Waals surface area contributed by atoms with Gasteiger partial charge in [0.15, 0.2) is 17.3 Å². The molecule has 1 unspecified atom stereocenters. The molecule has 1 atom stereocenters. The zero-order chi connectivity index (χ0) is 25.5. The highest BCUT2D eigenvalue weighted by molar-refractivity contribution is 6.31. The minimum atomic E-state index is -0.621. The van der Waals surface area contributed by atoms with E-state index in [0.29, 0.717) is 12.5 Å². The molecule has 1 aliphatic carbocycles. The zero-order valence-electron chi connectivity index (χ0n) is 20.8. The molecule has 188 valence electrons. The summed E-state index contributed by atoms with van der Waals surface area (Å²) >= 11 is 0. The summed E-state index contributed by atoms with van der Waals surface area (Å²) in [5.41, 5.74) is -0.0341. The zero-order valence-corrected chi connectivity index (χ0v) is 20.8. The summed E-state index contributed by atoms with van der Waals surface area (Å²) in [6.45, 7) is 7.12. The van der Waals surface area contributed by atoms with Gasteiger partial charge >= 0.3 is 5.97 Å². The van der Waals surface area contributed by atoms with E-state index in [2.05, 4.69) is 26.1 Å². The van der Waals surface area contributed by atoms with Crippen molar-refractivity contribution in [3.05, 3.63) is 52.1 Å². The van der Waals surface area contributed by atoms with Crippen LogP contribution >= 0.6 is 0 Å². The molecule has 7 nitrogen and oxygen atoms in total. The van der Waals surface area contributed by atoms with Crippen LogP contribution in [0.3, 0.4) is 0 Å². The van der Waals surface area contributed by atoms with Gasteiger partial charge in [-0.3, -0.25) is 9.59 Å². The summed E-state index contributed by atoms with van der Waals surface area (Å²) in [5, 5.41) is 24.7. The van der Waals surface area contributed by atoms with Gasteiger partial charge in [0.05, 0.1) is 29.0 Å². The number of ketones is 2. The maximum atomic E-state index is 13.4. The second-order valence-electron chi connectivity index (χ2n) is 9.10.